The van der Waals surface area contributed by atoms with E-state index in [4.69, 9.17) is 4.42 Å². The van der Waals surface area contributed by atoms with E-state index >= 15 is 0 Å². The van der Waals surface area contributed by atoms with Gasteiger partial charge in [-0.05, 0) is 42.3 Å². The van der Waals surface area contributed by atoms with Gasteiger partial charge in [0, 0.05) is 43.0 Å². The fourth-order valence-corrected chi connectivity index (χ4v) is 4.53. The average molecular weight is 380 g/mol. The summed E-state index contributed by atoms with van der Waals surface area (Å²) < 4.78 is 5.36. The van der Waals surface area contributed by atoms with Crippen LogP contribution in [-0.4, -0.2) is 25.8 Å². The van der Waals surface area contributed by atoms with Crippen molar-refractivity contribution in [1.29, 1.82) is 0 Å². The molecule has 1 fully saturated rings. The number of amides is 1. The minimum absolute atomic E-state index is 0.0519. The molecule has 0 radical (unpaired) electrons. The Morgan fingerprint density at radius 2 is 1.81 bits per heavy atom. The smallest absolute Gasteiger partial charge is 0.336 e. The van der Waals surface area contributed by atoms with Crippen molar-refractivity contribution in [2.24, 2.45) is 0 Å². The second-order valence-corrected chi connectivity index (χ2v) is 7.91. The van der Waals surface area contributed by atoms with Gasteiger partial charge in [0.25, 0.3) is 0 Å². The maximum atomic E-state index is 12.6. The van der Waals surface area contributed by atoms with Crippen LogP contribution in [0.15, 0.2) is 57.7 Å². The molecular formula is C21H20N2O3S. The van der Waals surface area contributed by atoms with Crippen molar-refractivity contribution in [3.63, 3.8) is 0 Å². The van der Waals surface area contributed by atoms with Crippen LogP contribution in [-0.2, 0) is 4.79 Å². The molecule has 1 aliphatic rings. The van der Waals surface area contributed by atoms with Crippen LogP contribution in [0.5, 0.6) is 0 Å². The topological polar surface area (TPSA) is 53.8 Å². The summed E-state index contributed by atoms with van der Waals surface area (Å²) in [6.45, 7) is 1.88. The molecule has 0 spiro atoms. The molecule has 1 aliphatic heterocycles. The SMILES string of the molecule is Cc1cc(=O)oc2cc(N3C(=O)CSC3c3ccc(N(C)C)cc3)ccc12. The quantitative estimate of drug-likeness (QED) is 0.644. The molecule has 27 heavy (non-hydrogen) atoms. The number of benzene rings is 2. The van der Waals surface area contributed by atoms with E-state index in [9.17, 15) is 9.59 Å². The van der Waals surface area contributed by atoms with Crippen LogP contribution < -0.4 is 15.4 Å². The van der Waals surface area contributed by atoms with Gasteiger partial charge in [0.15, 0.2) is 0 Å². The van der Waals surface area contributed by atoms with Crippen molar-refractivity contribution in [3.05, 3.63) is 70.1 Å². The highest BCUT2D eigenvalue weighted by atomic mass is 32.2. The van der Waals surface area contributed by atoms with Crippen molar-refractivity contribution in [3.8, 4) is 0 Å². The molecule has 4 rings (SSSR count). The zero-order valence-electron chi connectivity index (χ0n) is 15.4. The zero-order chi connectivity index (χ0) is 19.1. The zero-order valence-corrected chi connectivity index (χ0v) is 16.2. The molecule has 1 aromatic heterocycles. The van der Waals surface area contributed by atoms with E-state index in [1.165, 1.54) is 6.07 Å². The summed E-state index contributed by atoms with van der Waals surface area (Å²) in [7, 11) is 4.00. The van der Waals surface area contributed by atoms with Gasteiger partial charge in [-0.3, -0.25) is 9.69 Å². The number of hydrogen-bond donors (Lipinski definition) is 0. The first-order valence-electron chi connectivity index (χ1n) is 8.69. The van der Waals surface area contributed by atoms with Crippen molar-refractivity contribution >= 4 is 40.0 Å². The largest absolute Gasteiger partial charge is 0.423 e. The van der Waals surface area contributed by atoms with E-state index in [0.717, 1.165) is 27.9 Å². The summed E-state index contributed by atoms with van der Waals surface area (Å²) in [6.07, 6.45) is 0. The number of thioether (sulfide) groups is 1. The maximum Gasteiger partial charge on any atom is 0.336 e. The lowest BCUT2D eigenvalue weighted by Crippen LogP contribution is -2.27. The lowest BCUT2D eigenvalue weighted by Gasteiger charge is -2.25. The number of aryl methyl sites for hydroxylation is 1. The summed E-state index contributed by atoms with van der Waals surface area (Å²) in [5, 5.41) is 0.784. The molecule has 5 nitrogen and oxygen atoms in total. The van der Waals surface area contributed by atoms with E-state index in [-0.39, 0.29) is 16.9 Å². The molecule has 1 saturated heterocycles. The number of anilines is 2. The second-order valence-electron chi connectivity index (χ2n) is 6.84. The van der Waals surface area contributed by atoms with Crippen molar-refractivity contribution in [2.45, 2.75) is 12.3 Å². The monoisotopic (exact) mass is 380 g/mol. The van der Waals surface area contributed by atoms with E-state index < -0.39 is 0 Å². The molecule has 2 aromatic carbocycles. The predicted molar refractivity (Wildman–Crippen MR) is 111 cm³/mol. The Kier molecular flexibility index (Phi) is 4.44. The van der Waals surface area contributed by atoms with Crippen LogP contribution in [0.1, 0.15) is 16.5 Å². The summed E-state index contributed by atoms with van der Waals surface area (Å²) in [5.41, 5.74) is 3.92. The van der Waals surface area contributed by atoms with Crippen LogP contribution >= 0.6 is 11.8 Å². The summed E-state index contributed by atoms with van der Waals surface area (Å²) in [6, 6.07) is 15.3. The molecule has 0 aliphatic carbocycles. The van der Waals surface area contributed by atoms with Gasteiger partial charge in [-0.2, -0.15) is 0 Å². The molecular weight excluding hydrogens is 360 g/mol. The molecule has 6 heteroatoms. The van der Waals surface area contributed by atoms with Crippen LogP contribution in [0, 0.1) is 6.92 Å². The fourth-order valence-electron chi connectivity index (χ4n) is 3.35. The normalized spacial score (nSPS) is 16.9. The Balaban J connectivity index is 1.75. The van der Waals surface area contributed by atoms with E-state index in [0.29, 0.717) is 11.3 Å². The Morgan fingerprint density at radius 3 is 2.52 bits per heavy atom. The van der Waals surface area contributed by atoms with Gasteiger partial charge in [-0.15, -0.1) is 11.8 Å². The van der Waals surface area contributed by atoms with Crippen LogP contribution in [0.3, 0.4) is 0 Å². The Hall–Kier alpha value is -2.73. The lowest BCUT2D eigenvalue weighted by atomic mass is 10.1. The molecule has 0 saturated carbocycles. The highest BCUT2D eigenvalue weighted by Crippen LogP contribution is 2.42. The van der Waals surface area contributed by atoms with Crippen LogP contribution in [0.2, 0.25) is 0 Å². The summed E-state index contributed by atoms with van der Waals surface area (Å²) in [4.78, 5) is 28.2. The van der Waals surface area contributed by atoms with Crippen molar-refractivity contribution in [1.82, 2.24) is 0 Å². The molecule has 0 bridgehead atoms. The third-order valence-electron chi connectivity index (χ3n) is 4.78. The molecule has 138 valence electrons. The van der Waals surface area contributed by atoms with Gasteiger partial charge in [-0.1, -0.05) is 12.1 Å². The molecule has 3 aromatic rings. The standard InChI is InChI=1S/C21H20N2O3S/c1-13-10-20(25)26-18-11-16(8-9-17(13)18)23-19(24)12-27-21(23)14-4-6-15(7-5-14)22(2)3/h4-11,21H,12H2,1-3H3. The first kappa shape index (κ1) is 17.7. The van der Waals surface area contributed by atoms with Crippen molar-refractivity contribution in [2.75, 3.05) is 29.6 Å². The Bertz CT molecular complexity index is 1070. The van der Waals surface area contributed by atoms with Gasteiger partial charge in [0.05, 0.1) is 5.75 Å². The number of nitrogens with zero attached hydrogens (tertiary/aromatic N) is 2. The van der Waals surface area contributed by atoms with Crippen LogP contribution in [0.4, 0.5) is 11.4 Å². The third kappa shape index (κ3) is 3.21. The van der Waals surface area contributed by atoms with E-state index in [1.807, 2.05) is 38.1 Å². The number of hydrogen-bond acceptors (Lipinski definition) is 5. The van der Waals surface area contributed by atoms with Gasteiger partial charge in [0.1, 0.15) is 11.0 Å². The fraction of sp³-hybridized carbons (Fsp3) is 0.238. The van der Waals surface area contributed by atoms with E-state index in [2.05, 4.69) is 24.3 Å². The number of carbonyl (C=O) groups is 1. The van der Waals surface area contributed by atoms with Crippen molar-refractivity contribution < 1.29 is 9.21 Å². The maximum absolute atomic E-state index is 12.6. The Morgan fingerprint density at radius 1 is 1.07 bits per heavy atom. The number of rotatable bonds is 3. The van der Waals surface area contributed by atoms with Gasteiger partial charge in [0.2, 0.25) is 5.91 Å². The van der Waals surface area contributed by atoms with Gasteiger partial charge in [-0.25, -0.2) is 4.79 Å². The number of fused-ring (bicyclic) bond motifs is 1. The molecule has 1 unspecified atom stereocenters. The van der Waals surface area contributed by atoms with Gasteiger partial charge < -0.3 is 9.32 Å². The highest BCUT2D eigenvalue weighted by molar-refractivity contribution is 8.00. The first-order chi connectivity index (χ1) is 12.9. The predicted octanol–water partition coefficient (Wildman–Crippen LogP) is 3.95. The molecule has 1 atom stereocenters. The summed E-state index contributed by atoms with van der Waals surface area (Å²) >= 11 is 1.60. The highest BCUT2D eigenvalue weighted by Gasteiger charge is 2.34. The van der Waals surface area contributed by atoms with Crippen LogP contribution in [0.25, 0.3) is 11.0 Å². The molecule has 2 heterocycles. The second kappa shape index (κ2) is 6.78. The third-order valence-corrected chi connectivity index (χ3v) is 5.99. The average Bonchev–Trinajstić information content (AvgIpc) is 3.02. The number of carbonyl (C=O) groups excluding carboxylic acids is 1. The minimum atomic E-state index is -0.380. The first-order valence-corrected chi connectivity index (χ1v) is 9.74. The molecule has 0 N–H and O–H groups in total. The Labute approximate surface area is 161 Å². The summed E-state index contributed by atoms with van der Waals surface area (Å²) in [5.74, 6) is 0.478. The van der Waals surface area contributed by atoms with E-state index in [1.54, 1.807) is 22.7 Å². The molecule has 1 amide bonds. The minimum Gasteiger partial charge on any atom is -0.423 e. The lowest BCUT2D eigenvalue weighted by molar-refractivity contribution is -0.115. The van der Waals surface area contributed by atoms with Gasteiger partial charge >= 0.3 is 5.63 Å².